The molecular weight excluding hydrogens is 240 g/mol. The third kappa shape index (κ3) is 3.89. The molecule has 98 valence electrons. The molecule has 4 heteroatoms. The summed E-state index contributed by atoms with van der Waals surface area (Å²) in [7, 11) is 0. The van der Waals surface area contributed by atoms with Gasteiger partial charge in [-0.15, -0.1) is 5.43 Å². The number of carbonyl (C=O) groups excluding carboxylic acids is 1. The normalized spacial score (nSPS) is 10.2. The lowest BCUT2D eigenvalue weighted by atomic mass is 10.2. The van der Waals surface area contributed by atoms with Crippen LogP contribution in [0.1, 0.15) is 22.3 Å². The molecule has 0 atom stereocenters. The topological polar surface area (TPSA) is 53.2 Å². The van der Waals surface area contributed by atoms with Crippen LogP contribution in [0.25, 0.3) is 0 Å². The van der Waals surface area contributed by atoms with Crippen LogP contribution in [0.15, 0.2) is 54.9 Å². The second-order valence-electron chi connectivity index (χ2n) is 4.25. The highest BCUT2D eigenvalue weighted by Gasteiger charge is 2.10. The Bertz CT molecular complexity index is 541. The fourth-order valence-corrected chi connectivity index (χ4v) is 1.80. The third-order valence-corrected chi connectivity index (χ3v) is 2.75. The Balaban J connectivity index is 2.05. The van der Waals surface area contributed by atoms with Crippen molar-refractivity contribution in [2.75, 3.05) is 12.0 Å². The summed E-state index contributed by atoms with van der Waals surface area (Å²) in [5.74, 6) is -0.148. The number of rotatable bonds is 5. The zero-order chi connectivity index (χ0) is 13.5. The predicted octanol–water partition coefficient (Wildman–Crippen LogP) is 1.28. The van der Waals surface area contributed by atoms with Crippen LogP contribution >= 0.6 is 0 Å². The molecule has 0 aliphatic rings. The first-order chi connectivity index (χ1) is 9.29. The second kappa shape index (κ2) is 6.66. The van der Waals surface area contributed by atoms with Gasteiger partial charge in [-0.25, -0.2) is 0 Å². The van der Waals surface area contributed by atoms with Gasteiger partial charge in [-0.05, 0) is 31.0 Å². The van der Waals surface area contributed by atoms with Gasteiger partial charge in [0, 0.05) is 23.8 Å². The molecule has 0 saturated heterocycles. The molecule has 0 radical (unpaired) electrons. The lowest BCUT2D eigenvalue weighted by molar-refractivity contribution is -0.641. The number of nitrogens with zero attached hydrogens (tertiary/aromatic N) is 1. The van der Waals surface area contributed by atoms with Gasteiger partial charge in [0.05, 0.1) is 0 Å². The van der Waals surface area contributed by atoms with Crippen molar-refractivity contribution in [3.8, 4) is 0 Å². The Hall–Kier alpha value is -2.20. The van der Waals surface area contributed by atoms with Crippen molar-refractivity contribution < 1.29 is 14.6 Å². The summed E-state index contributed by atoms with van der Waals surface area (Å²) in [5.41, 5.74) is 4.49. The third-order valence-electron chi connectivity index (χ3n) is 2.75. The van der Waals surface area contributed by atoms with Gasteiger partial charge < -0.3 is 5.11 Å². The first-order valence-corrected chi connectivity index (χ1v) is 6.27. The largest absolute Gasteiger partial charge is 0.396 e. The maximum absolute atomic E-state index is 12.0. The first kappa shape index (κ1) is 13.2. The maximum atomic E-state index is 12.0. The summed E-state index contributed by atoms with van der Waals surface area (Å²) >= 11 is 0. The molecule has 0 bridgehead atoms. The van der Waals surface area contributed by atoms with Crippen LogP contribution in [0.2, 0.25) is 0 Å². The van der Waals surface area contributed by atoms with Crippen molar-refractivity contribution in [2.24, 2.45) is 0 Å². The zero-order valence-electron chi connectivity index (χ0n) is 10.6. The Morgan fingerprint density at radius 1 is 1.16 bits per heavy atom. The standard InChI is InChI=1S/C15H16N2O2/c18-11-5-7-13-6-4-10-17(12-13)16-15(19)14-8-2-1-3-9-14/h1-4,6,8-10,12,18H,5,7,11H2/p+1. The molecule has 2 rings (SSSR count). The van der Waals surface area contributed by atoms with E-state index < -0.39 is 0 Å². The van der Waals surface area contributed by atoms with Gasteiger partial charge >= 0.3 is 5.91 Å². The highest BCUT2D eigenvalue weighted by atomic mass is 16.2. The van der Waals surface area contributed by atoms with E-state index in [1.165, 1.54) is 0 Å². The molecule has 0 saturated carbocycles. The van der Waals surface area contributed by atoms with E-state index in [0.717, 1.165) is 18.4 Å². The van der Waals surface area contributed by atoms with Crippen molar-refractivity contribution in [2.45, 2.75) is 12.8 Å². The SMILES string of the molecule is O=C(N[n+]1cccc(CCCO)c1)c1ccccc1. The fraction of sp³-hybridized carbons (Fsp3) is 0.200. The smallest absolute Gasteiger partial charge is 0.305 e. The number of pyridine rings is 1. The summed E-state index contributed by atoms with van der Waals surface area (Å²) in [6, 6.07) is 12.9. The number of carbonyl (C=O) groups is 1. The number of benzene rings is 1. The minimum Gasteiger partial charge on any atom is -0.396 e. The van der Waals surface area contributed by atoms with E-state index in [4.69, 9.17) is 5.11 Å². The molecule has 1 amide bonds. The molecule has 0 aliphatic carbocycles. The van der Waals surface area contributed by atoms with Crippen LogP contribution in [0.3, 0.4) is 0 Å². The maximum Gasteiger partial charge on any atom is 0.305 e. The summed E-state index contributed by atoms with van der Waals surface area (Å²) < 4.78 is 1.64. The molecule has 2 N–H and O–H groups in total. The molecular formula is C15H17N2O2+. The van der Waals surface area contributed by atoms with Crippen LogP contribution in [0.5, 0.6) is 0 Å². The molecule has 0 fully saturated rings. The monoisotopic (exact) mass is 257 g/mol. The van der Waals surface area contributed by atoms with Gasteiger partial charge in [0.2, 0.25) is 6.20 Å². The van der Waals surface area contributed by atoms with E-state index in [9.17, 15) is 4.79 Å². The van der Waals surface area contributed by atoms with Crippen LogP contribution in [-0.2, 0) is 6.42 Å². The lowest BCUT2D eigenvalue weighted by Crippen LogP contribution is -2.48. The number of nitrogens with one attached hydrogen (secondary N) is 1. The summed E-state index contributed by atoms with van der Waals surface area (Å²) in [6.45, 7) is 0.172. The lowest BCUT2D eigenvalue weighted by Gasteiger charge is -2.01. The Morgan fingerprint density at radius 2 is 1.95 bits per heavy atom. The van der Waals surface area contributed by atoms with E-state index in [1.54, 1.807) is 23.0 Å². The van der Waals surface area contributed by atoms with Gasteiger partial charge in [0.25, 0.3) is 0 Å². The van der Waals surface area contributed by atoms with E-state index in [0.29, 0.717) is 5.56 Å². The van der Waals surface area contributed by atoms with E-state index in [1.807, 2.05) is 36.5 Å². The van der Waals surface area contributed by atoms with Gasteiger partial charge in [-0.2, -0.15) is 0 Å². The summed E-state index contributed by atoms with van der Waals surface area (Å²) in [4.78, 5) is 12.0. The minimum atomic E-state index is -0.148. The second-order valence-corrected chi connectivity index (χ2v) is 4.25. The number of hydrogen-bond donors (Lipinski definition) is 2. The van der Waals surface area contributed by atoms with Crippen molar-refractivity contribution in [3.05, 3.63) is 66.0 Å². The van der Waals surface area contributed by atoms with Crippen LogP contribution in [-0.4, -0.2) is 17.6 Å². The van der Waals surface area contributed by atoms with Crippen molar-refractivity contribution >= 4 is 5.91 Å². The first-order valence-electron chi connectivity index (χ1n) is 6.27. The van der Waals surface area contributed by atoms with Crippen molar-refractivity contribution in [3.63, 3.8) is 0 Å². The van der Waals surface area contributed by atoms with Gasteiger partial charge in [0.15, 0.2) is 6.20 Å². The van der Waals surface area contributed by atoms with Crippen molar-refractivity contribution in [1.29, 1.82) is 0 Å². The number of amides is 1. The van der Waals surface area contributed by atoms with Gasteiger partial charge in [-0.1, -0.05) is 22.9 Å². The Kier molecular flexibility index (Phi) is 4.64. The highest BCUT2D eigenvalue weighted by molar-refractivity contribution is 5.98. The van der Waals surface area contributed by atoms with Gasteiger partial charge in [0.1, 0.15) is 0 Å². The number of aliphatic hydroxyl groups is 1. The molecule has 0 unspecified atom stereocenters. The molecule has 4 nitrogen and oxygen atoms in total. The molecule has 1 aromatic carbocycles. The van der Waals surface area contributed by atoms with Crippen LogP contribution in [0.4, 0.5) is 0 Å². The van der Waals surface area contributed by atoms with Crippen molar-refractivity contribution in [1.82, 2.24) is 0 Å². The minimum absolute atomic E-state index is 0.148. The average Bonchev–Trinajstić information content (AvgIpc) is 2.46. The molecule has 19 heavy (non-hydrogen) atoms. The van der Waals surface area contributed by atoms with E-state index in [2.05, 4.69) is 5.43 Å². The Morgan fingerprint density at radius 3 is 2.68 bits per heavy atom. The average molecular weight is 257 g/mol. The van der Waals surface area contributed by atoms with Crippen LogP contribution in [0, 0.1) is 0 Å². The number of aliphatic hydroxyl groups excluding tert-OH is 1. The van der Waals surface area contributed by atoms with E-state index >= 15 is 0 Å². The molecule has 0 aliphatic heterocycles. The van der Waals surface area contributed by atoms with E-state index in [-0.39, 0.29) is 12.5 Å². The van der Waals surface area contributed by atoms with Gasteiger partial charge in [-0.3, -0.25) is 4.79 Å². The molecule has 1 heterocycles. The molecule has 2 aromatic rings. The summed E-state index contributed by atoms with van der Waals surface area (Å²) in [5, 5.41) is 8.81. The fourth-order valence-electron chi connectivity index (χ4n) is 1.80. The predicted molar refractivity (Wildman–Crippen MR) is 72.2 cm³/mol. The molecule has 0 spiro atoms. The Labute approximate surface area is 112 Å². The summed E-state index contributed by atoms with van der Waals surface area (Å²) in [6.07, 6.45) is 5.15. The zero-order valence-corrected chi connectivity index (χ0v) is 10.6. The number of aromatic nitrogens is 1. The molecule has 1 aromatic heterocycles. The van der Waals surface area contributed by atoms with Crippen LogP contribution < -0.4 is 10.1 Å². The number of aryl methyl sites for hydroxylation is 1. The number of hydrogen-bond acceptors (Lipinski definition) is 2. The quantitative estimate of drug-likeness (QED) is 0.793. The highest BCUT2D eigenvalue weighted by Crippen LogP contribution is 2.00.